The minimum atomic E-state index is -0.427. The van der Waals surface area contributed by atoms with Gasteiger partial charge in [-0.25, -0.2) is 4.98 Å². The topological polar surface area (TPSA) is 111 Å². The summed E-state index contributed by atoms with van der Waals surface area (Å²) >= 11 is 1.40. The fourth-order valence-electron chi connectivity index (χ4n) is 4.52. The molecule has 0 aliphatic carbocycles. The lowest BCUT2D eigenvalue weighted by molar-refractivity contribution is -0.384. The number of rotatable bonds is 8. The van der Waals surface area contributed by atoms with Crippen molar-refractivity contribution in [1.29, 1.82) is 0 Å². The highest BCUT2D eigenvalue weighted by molar-refractivity contribution is 7.22. The Labute approximate surface area is 218 Å². The molecule has 0 spiro atoms. The Bertz CT molecular complexity index is 1270. The van der Waals surface area contributed by atoms with E-state index in [4.69, 9.17) is 19.2 Å². The number of nitrogens with zero attached hydrogens (tertiary/aromatic N) is 5. The molecule has 2 aliphatic rings. The number of ether oxygens (including phenoxy) is 3. The molecule has 0 atom stereocenters. The van der Waals surface area contributed by atoms with Gasteiger partial charge < -0.3 is 19.1 Å². The van der Waals surface area contributed by atoms with Gasteiger partial charge in [-0.05, 0) is 30.3 Å². The van der Waals surface area contributed by atoms with E-state index in [0.29, 0.717) is 69.2 Å². The van der Waals surface area contributed by atoms with Crippen molar-refractivity contribution in [3.05, 3.63) is 52.1 Å². The zero-order valence-electron chi connectivity index (χ0n) is 20.6. The molecule has 2 aliphatic heterocycles. The molecule has 5 rings (SSSR count). The number of methoxy groups -OCH3 is 1. The number of fused-ring (bicyclic) bond motifs is 1. The van der Waals surface area contributed by atoms with Crippen molar-refractivity contribution in [2.75, 3.05) is 82.6 Å². The number of hydrogen-bond donors (Lipinski definition) is 0. The number of amides is 1. The van der Waals surface area contributed by atoms with Gasteiger partial charge in [-0.3, -0.25) is 24.7 Å². The Morgan fingerprint density at radius 2 is 1.84 bits per heavy atom. The van der Waals surface area contributed by atoms with Gasteiger partial charge in [-0.1, -0.05) is 11.3 Å². The van der Waals surface area contributed by atoms with Crippen LogP contribution in [0.2, 0.25) is 0 Å². The maximum Gasteiger partial charge on any atom is 0.293 e. The maximum atomic E-state index is 13.8. The number of hydrogen-bond acceptors (Lipinski definition) is 10. The van der Waals surface area contributed by atoms with Gasteiger partial charge in [0, 0.05) is 50.9 Å². The van der Waals surface area contributed by atoms with Crippen LogP contribution in [0.15, 0.2) is 36.4 Å². The summed E-state index contributed by atoms with van der Waals surface area (Å²) in [5, 5.41) is 12.5. The van der Waals surface area contributed by atoms with Gasteiger partial charge in [-0.15, -0.1) is 0 Å². The number of aromatic nitrogens is 1. The van der Waals surface area contributed by atoms with Crippen LogP contribution in [0.3, 0.4) is 0 Å². The minimum absolute atomic E-state index is 0.0880. The normalized spacial score (nSPS) is 16.6. The van der Waals surface area contributed by atoms with Crippen LogP contribution in [-0.2, 0) is 9.47 Å². The van der Waals surface area contributed by atoms with E-state index in [1.54, 1.807) is 24.1 Å². The van der Waals surface area contributed by atoms with Crippen LogP contribution in [0, 0.1) is 10.1 Å². The number of thiazole rings is 1. The van der Waals surface area contributed by atoms with Crippen molar-refractivity contribution >= 4 is 44.0 Å². The first-order chi connectivity index (χ1) is 18.0. The van der Waals surface area contributed by atoms with Crippen molar-refractivity contribution < 1.29 is 23.9 Å². The third-order valence-electron chi connectivity index (χ3n) is 6.57. The molecule has 2 fully saturated rings. The minimum Gasteiger partial charge on any atom is -0.497 e. The fourth-order valence-corrected chi connectivity index (χ4v) is 5.53. The van der Waals surface area contributed by atoms with E-state index < -0.39 is 4.92 Å². The van der Waals surface area contributed by atoms with Crippen LogP contribution in [-0.4, -0.2) is 93.5 Å². The van der Waals surface area contributed by atoms with Crippen LogP contribution in [0.25, 0.3) is 10.2 Å². The molecular weight excluding hydrogens is 498 g/mol. The summed E-state index contributed by atoms with van der Waals surface area (Å²) in [5.74, 6) is 0.388. The lowest BCUT2D eigenvalue weighted by Crippen LogP contribution is -2.43. The van der Waals surface area contributed by atoms with E-state index in [0.717, 1.165) is 23.3 Å². The Morgan fingerprint density at radius 1 is 1.11 bits per heavy atom. The molecule has 3 heterocycles. The highest BCUT2D eigenvalue weighted by Gasteiger charge is 2.27. The van der Waals surface area contributed by atoms with E-state index in [1.807, 2.05) is 23.1 Å². The molecule has 3 aromatic rings. The summed E-state index contributed by atoms with van der Waals surface area (Å²) < 4.78 is 17.1. The Morgan fingerprint density at radius 3 is 2.54 bits per heavy atom. The molecule has 2 saturated heterocycles. The first-order valence-corrected chi connectivity index (χ1v) is 13.0. The molecule has 12 heteroatoms. The zero-order valence-corrected chi connectivity index (χ0v) is 21.4. The molecule has 196 valence electrons. The standard InChI is InChI=1S/C25H29N5O6S/c1-34-19-3-4-20-23(17-19)37-25(26-20)29(7-6-27-8-12-35-13-9-27)24(31)18-2-5-21(22(16-18)30(32)33)28-10-14-36-15-11-28/h2-5,16-17H,6-15H2,1H3. The SMILES string of the molecule is COc1ccc2nc(N(CCN3CCOCC3)C(=O)c3ccc(N4CCOCC4)c([N+](=O)[O-])c3)sc2c1. The summed E-state index contributed by atoms with van der Waals surface area (Å²) in [7, 11) is 1.61. The predicted octanol–water partition coefficient (Wildman–Crippen LogP) is 3.03. The van der Waals surface area contributed by atoms with Gasteiger partial charge in [0.25, 0.3) is 11.6 Å². The summed E-state index contributed by atoms with van der Waals surface area (Å²) in [6.07, 6.45) is 0. The quantitative estimate of drug-likeness (QED) is 0.322. The predicted molar refractivity (Wildman–Crippen MR) is 141 cm³/mol. The molecule has 37 heavy (non-hydrogen) atoms. The average Bonchev–Trinajstić information content (AvgIpc) is 3.36. The lowest BCUT2D eigenvalue weighted by Gasteiger charge is -2.30. The van der Waals surface area contributed by atoms with Crippen LogP contribution in [0.1, 0.15) is 10.4 Å². The Balaban J connectivity index is 1.47. The van der Waals surface area contributed by atoms with Crippen LogP contribution < -0.4 is 14.5 Å². The van der Waals surface area contributed by atoms with Crippen molar-refractivity contribution in [2.24, 2.45) is 0 Å². The molecule has 0 saturated carbocycles. The third kappa shape index (κ3) is 5.67. The lowest BCUT2D eigenvalue weighted by atomic mass is 10.1. The Hall–Kier alpha value is -3.32. The van der Waals surface area contributed by atoms with Gasteiger partial charge in [0.15, 0.2) is 5.13 Å². The molecular formula is C25H29N5O6S. The van der Waals surface area contributed by atoms with Crippen LogP contribution >= 0.6 is 11.3 Å². The van der Waals surface area contributed by atoms with Gasteiger partial charge in [0.05, 0.1) is 48.7 Å². The summed E-state index contributed by atoms with van der Waals surface area (Å²) in [6, 6.07) is 10.3. The monoisotopic (exact) mass is 527 g/mol. The largest absolute Gasteiger partial charge is 0.497 e. The highest BCUT2D eigenvalue weighted by atomic mass is 32.1. The first-order valence-electron chi connectivity index (χ1n) is 12.2. The number of carbonyl (C=O) groups is 1. The smallest absolute Gasteiger partial charge is 0.293 e. The van der Waals surface area contributed by atoms with E-state index in [9.17, 15) is 14.9 Å². The van der Waals surface area contributed by atoms with E-state index in [1.165, 1.54) is 17.4 Å². The first kappa shape index (κ1) is 25.3. The molecule has 0 unspecified atom stereocenters. The third-order valence-corrected chi connectivity index (χ3v) is 7.62. The summed E-state index contributed by atoms with van der Waals surface area (Å²) in [6.45, 7) is 6.08. The van der Waals surface area contributed by atoms with Crippen LogP contribution in [0.4, 0.5) is 16.5 Å². The second kappa shape index (κ2) is 11.4. The molecule has 1 aromatic heterocycles. The van der Waals surface area contributed by atoms with Crippen LogP contribution in [0.5, 0.6) is 5.75 Å². The van der Waals surface area contributed by atoms with Crippen molar-refractivity contribution in [2.45, 2.75) is 0 Å². The summed E-state index contributed by atoms with van der Waals surface area (Å²) in [4.78, 5) is 35.9. The molecule has 0 radical (unpaired) electrons. The zero-order chi connectivity index (χ0) is 25.8. The van der Waals surface area contributed by atoms with Gasteiger partial charge in [0.1, 0.15) is 11.4 Å². The van der Waals surface area contributed by atoms with Crippen molar-refractivity contribution in [1.82, 2.24) is 9.88 Å². The number of anilines is 2. The fraction of sp³-hybridized carbons (Fsp3) is 0.440. The molecule has 0 N–H and O–H groups in total. The number of morpholine rings is 2. The van der Waals surface area contributed by atoms with E-state index in [2.05, 4.69) is 4.90 Å². The maximum absolute atomic E-state index is 13.8. The second-order valence-corrected chi connectivity index (χ2v) is 9.81. The highest BCUT2D eigenvalue weighted by Crippen LogP contribution is 2.34. The molecule has 2 aromatic carbocycles. The Kier molecular flexibility index (Phi) is 7.79. The average molecular weight is 528 g/mol. The number of nitro benzene ring substituents is 1. The van der Waals surface area contributed by atoms with E-state index >= 15 is 0 Å². The molecule has 1 amide bonds. The number of benzene rings is 2. The van der Waals surface area contributed by atoms with Crippen molar-refractivity contribution in [3.63, 3.8) is 0 Å². The van der Waals surface area contributed by atoms with Gasteiger partial charge in [0.2, 0.25) is 0 Å². The molecule has 11 nitrogen and oxygen atoms in total. The molecule has 0 bridgehead atoms. The van der Waals surface area contributed by atoms with Crippen molar-refractivity contribution in [3.8, 4) is 5.75 Å². The second-order valence-electron chi connectivity index (χ2n) is 8.80. The van der Waals surface area contributed by atoms with Gasteiger partial charge in [-0.2, -0.15) is 0 Å². The van der Waals surface area contributed by atoms with E-state index in [-0.39, 0.29) is 17.2 Å². The summed E-state index contributed by atoms with van der Waals surface area (Å²) in [5.41, 5.74) is 1.42. The number of carbonyl (C=O) groups excluding carboxylic acids is 1. The van der Waals surface area contributed by atoms with Gasteiger partial charge >= 0.3 is 0 Å². The number of nitro groups is 1.